The summed E-state index contributed by atoms with van der Waals surface area (Å²) in [7, 11) is 2.40. The molecular weight excluding hydrogens is 337 g/mol. The number of hydrogen-bond acceptors (Lipinski definition) is 4. The predicted octanol–water partition coefficient (Wildman–Crippen LogP) is -1.74. The van der Waals surface area contributed by atoms with Crippen molar-refractivity contribution in [3.63, 3.8) is 0 Å². The maximum absolute atomic E-state index is 5.10. The van der Waals surface area contributed by atoms with Crippen molar-refractivity contribution < 1.29 is 0 Å². The monoisotopic (exact) mass is 344 g/mol. The van der Waals surface area contributed by atoms with Crippen LogP contribution in [0.1, 0.15) is 0 Å². The molecule has 0 amide bonds. The van der Waals surface area contributed by atoms with Gasteiger partial charge in [-0.25, -0.2) is 0 Å². The minimum atomic E-state index is 0. The van der Waals surface area contributed by atoms with E-state index in [0.29, 0.717) is 8.64 Å². The van der Waals surface area contributed by atoms with E-state index < -0.39 is 0 Å². The van der Waals surface area contributed by atoms with Gasteiger partial charge in [0.05, 0.1) is 0 Å². The molecule has 54 valence electrons. The van der Waals surface area contributed by atoms with Gasteiger partial charge in [0, 0.05) is 0 Å². The van der Waals surface area contributed by atoms with Crippen LogP contribution in [-0.2, 0) is 0 Å². The summed E-state index contributed by atoms with van der Waals surface area (Å²) >= 11 is 9.04. The van der Waals surface area contributed by atoms with E-state index in [2.05, 4.69) is 24.4 Å². The summed E-state index contributed by atoms with van der Waals surface area (Å²) in [4.78, 5) is 0. The Hall–Kier alpha value is 7.03. The van der Waals surface area contributed by atoms with Gasteiger partial charge in [0.15, 0.2) is 0 Å². The second kappa shape index (κ2) is 23.1. The van der Waals surface area contributed by atoms with Crippen LogP contribution < -0.4 is 11.5 Å². The molecule has 0 fully saturated rings. The van der Waals surface area contributed by atoms with Crippen molar-refractivity contribution in [1.82, 2.24) is 0 Å². The number of rotatable bonds is 0. The van der Waals surface area contributed by atoms with Gasteiger partial charge in [-0.1, -0.05) is 24.4 Å². The van der Waals surface area contributed by atoms with E-state index in [4.69, 9.17) is 11.5 Å². The summed E-state index contributed by atoms with van der Waals surface area (Å²) in [5.41, 5.74) is 10.2. The molecule has 0 unspecified atom stereocenters. The Kier molecular flexibility index (Phi) is 60.6. The fourth-order valence-electron chi connectivity index (χ4n) is 0.0821. The van der Waals surface area contributed by atoms with E-state index >= 15 is 0 Å². The molecule has 10 heteroatoms. The van der Waals surface area contributed by atoms with Crippen molar-refractivity contribution in [3.8, 4) is 0 Å². The molecule has 4 N–H and O–H groups in total. The molecular formula is C2H8K4N2S4. The first kappa shape index (κ1) is 31.4. The quantitative estimate of drug-likeness (QED) is 0.309. The van der Waals surface area contributed by atoms with Crippen LogP contribution in [0.5, 0.6) is 0 Å². The van der Waals surface area contributed by atoms with Gasteiger partial charge in [0.2, 0.25) is 0 Å². The van der Waals surface area contributed by atoms with Gasteiger partial charge in [-0.15, -0.1) is 0 Å². The van der Waals surface area contributed by atoms with Gasteiger partial charge < -0.3 is 11.5 Å². The van der Waals surface area contributed by atoms with Crippen LogP contribution in [0.15, 0.2) is 0 Å². The molecule has 0 spiro atoms. The SMILES string of the molecule is NC(=S)SSC(N)=S.[KH].[KH].[KH].[KH]. The summed E-state index contributed by atoms with van der Waals surface area (Å²) in [5.74, 6) is 0. The third-order valence-electron chi connectivity index (χ3n) is 0.206. The van der Waals surface area contributed by atoms with Crippen LogP contribution in [0.4, 0.5) is 0 Å². The van der Waals surface area contributed by atoms with E-state index in [0.717, 1.165) is 0 Å². The molecule has 0 aromatic rings. The molecule has 0 heterocycles. The molecule has 0 atom stereocenters. The van der Waals surface area contributed by atoms with Crippen LogP contribution in [0.3, 0.4) is 0 Å². The second-order valence-electron chi connectivity index (χ2n) is 0.805. The maximum atomic E-state index is 5.10. The molecule has 0 saturated heterocycles. The van der Waals surface area contributed by atoms with Gasteiger partial charge in [-0.2, -0.15) is 0 Å². The molecule has 0 aromatic heterocycles. The molecule has 2 nitrogen and oxygen atoms in total. The zero-order valence-corrected chi connectivity index (χ0v) is 7.05. The van der Waals surface area contributed by atoms with Crippen molar-refractivity contribution in [1.29, 1.82) is 0 Å². The van der Waals surface area contributed by atoms with E-state index in [9.17, 15) is 0 Å². The molecule has 0 aromatic carbocycles. The van der Waals surface area contributed by atoms with Gasteiger partial charge in [-0.05, 0) is 21.6 Å². The Balaban J connectivity index is -0.0000000408. The third-order valence-corrected chi connectivity index (χ3v) is 3.08. The Labute approximate surface area is 262 Å². The molecule has 0 rings (SSSR count). The van der Waals surface area contributed by atoms with Crippen molar-refractivity contribution in [2.45, 2.75) is 0 Å². The van der Waals surface area contributed by atoms with E-state index in [1.54, 1.807) is 0 Å². The summed E-state index contributed by atoms with van der Waals surface area (Å²) in [6.45, 7) is 0. The summed E-state index contributed by atoms with van der Waals surface area (Å²) in [6, 6.07) is 0. The van der Waals surface area contributed by atoms with Crippen molar-refractivity contribution >= 4 is 260 Å². The molecule has 0 radical (unpaired) electrons. The van der Waals surface area contributed by atoms with Gasteiger partial charge in [0.25, 0.3) is 0 Å². The van der Waals surface area contributed by atoms with Crippen LogP contribution in [0.25, 0.3) is 0 Å². The van der Waals surface area contributed by atoms with Crippen molar-refractivity contribution in [2.75, 3.05) is 0 Å². The first-order chi connectivity index (χ1) is 3.63. The minimum absolute atomic E-state index is 0. The molecule has 0 aliphatic carbocycles. The fourth-order valence-corrected chi connectivity index (χ4v) is 1.35. The zero-order valence-electron chi connectivity index (χ0n) is 3.79. The molecule has 0 bridgehead atoms. The Morgan fingerprint density at radius 2 is 0.917 bits per heavy atom. The van der Waals surface area contributed by atoms with Crippen molar-refractivity contribution in [3.05, 3.63) is 0 Å². The average molecular weight is 345 g/mol. The summed E-state index contributed by atoms with van der Waals surface area (Å²) < 4.78 is 0.700. The third kappa shape index (κ3) is 30.2. The van der Waals surface area contributed by atoms with Crippen LogP contribution in [0.2, 0.25) is 0 Å². The van der Waals surface area contributed by atoms with Crippen molar-refractivity contribution in [2.24, 2.45) is 11.5 Å². The van der Waals surface area contributed by atoms with Crippen LogP contribution in [0, 0.1) is 0 Å². The topological polar surface area (TPSA) is 52.0 Å². The molecule has 0 aliphatic heterocycles. The van der Waals surface area contributed by atoms with Gasteiger partial charge in [-0.3, -0.25) is 0 Å². The fraction of sp³-hybridized carbons (Fsp3) is 0. The van der Waals surface area contributed by atoms with E-state index in [-0.39, 0.29) is 206 Å². The van der Waals surface area contributed by atoms with Crippen LogP contribution >= 0.6 is 46.0 Å². The Morgan fingerprint density at radius 3 is 1.00 bits per heavy atom. The molecule has 12 heavy (non-hydrogen) atoms. The number of thiocarbonyl (C=S) groups is 2. The normalized spacial score (nSPS) is 5.67. The first-order valence-electron chi connectivity index (χ1n) is 1.56. The average Bonchev–Trinajstić information content (AvgIpc) is 1.61. The standard InChI is InChI=1S/C2H4N2S4.4K.4H/c3-1(5)7-8-2(4)6;;;;;;;;/h(H2,3,5)(H2,4,6);;;;;;;;. The summed E-state index contributed by atoms with van der Waals surface area (Å²) in [5, 5.41) is 0. The number of hydrogen-bond donors (Lipinski definition) is 2. The molecule has 0 aliphatic rings. The second-order valence-corrected chi connectivity index (χ2v) is 4.41. The van der Waals surface area contributed by atoms with E-state index in [1.165, 1.54) is 21.6 Å². The van der Waals surface area contributed by atoms with Crippen LogP contribution in [-0.4, -0.2) is 214 Å². The van der Waals surface area contributed by atoms with E-state index in [1.807, 2.05) is 0 Å². The Bertz CT molecular complexity index is 108. The van der Waals surface area contributed by atoms with Gasteiger partial charge >= 0.3 is 206 Å². The summed E-state index contributed by atoms with van der Waals surface area (Å²) in [6.07, 6.45) is 0. The first-order valence-corrected chi connectivity index (χ1v) is 4.53. The number of nitrogens with two attached hydrogens (primary N) is 2. The zero-order chi connectivity index (χ0) is 6.57. The predicted molar refractivity (Wildman–Crippen MR) is 77.3 cm³/mol. The van der Waals surface area contributed by atoms with Gasteiger partial charge in [0.1, 0.15) is 8.64 Å². The Morgan fingerprint density at radius 1 is 0.750 bits per heavy atom. The molecule has 0 saturated carbocycles.